The number of nitrogens with one attached hydrogen (secondary N) is 1. The zero-order valence-electron chi connectivity index (χ0n) is 20.6. The van der Waals surface area contributed by atoms with E-state index >= 15 is 0 Å². The Morgan fingerprint density at radius 1 is 1.25 bits per heavy atom. The van der Waals surface area contributed by atoms with Crippen LogP contribution >= 0.6 is 0 Å². The Morgan fingerprint density at radius 3 is 2.50 bits per heavy atom. The lowest BCUT2D eigenvalue weighted by Crippen LogP contribution is -2.15. The Labute approximate surface area is 210 Å². The van der Waals surface area contributed by atoms with Gasteiger partial charge in [-0.1, -0.05) is 0 Å². The molecule has 0 unspecified atom stereocenters. The largest absolute Gasteiger partial charge is 0.493 e. The molecule has 0 spiro atoms. The third-order valence-corrected chi connectivity index (χ3v) is 5.64. The van der Waals surface area contributed by atoms with Crippen molar-refractivity contribution in [3.8, 4) is 28.8 Å². The molecule has 9 heteroatoms. The van der Waals surface area contributed by atoms with Gasteiger partial charge in [-0.3, -0.25) is 10.2 Å². The molecule has 1 amide bonds. The fourth-order valence-electron chi connectivity index (χ4n) is 3.96. The van der Waals surface area contributed by atoms with E-state index in [0.29, 0.717) is 30.3 Å². The molecular formula is C27H32N6O3. The van der Waals surface area contributed by atoms with Gasteiger partial charge in [0.25, 0.3) is 0 Å². The van der Waals surface area contributed by atoms with Crippen molar-refractivity contribution in [2.24, 2.45) is 22.4 Å². The zero-order chi connectivity index (χ0) is 26.1. The first kappa shape index (κ1) is 26.3. The third kappa shape index (κ3) is 6.63. The van der Waals surface area contributed by atoms with Gasteiger partial charge in [0.2, 0.25) is 6.41 Å². The van der Waals surface area contributed by atoms with E-state index in [4.69, 9.17) is 25.4 Å². The van der Waals surface area contributed by atoms with Gasteiger partial charge >= 0.3 is 0 Å². The number of fused-ring (bicyclic) bond motifs is 1. The topological polar surface area (TPSA) is 152 Å². The molecule has 0 atom stereocenters. The van der Waals surface area contributed by atoms with Crippen LogP contribution in [0.5, 0.6) is 11.5 Å². The molecule has 4 rings (SSSR count). The number of carbonyl (C=O) groups is 1. The van der Waals surface area contributed by atoms with Crippen LogP contribution in [0.25, 0.3) is 22.2 Å². The zero-order valence-corrected chi connectivity index (χ0v) is 20.6. The molecule has 1 aromatic heterocycles. The van der Waals surface area contributed by atoms with Crippen LogP contribution in [0.15, 0.2) is 47.5 Å². The van der Waals surface area contributed by atoms with Crippen LogP contribution in [-0.4, -0.2) is 35.9 Å². The van der Waals surface area contributed by atoms with Crippen LogP contribution in [-0.2, 0) is 11.3 Å². The van der Waals surface area contributed by atoms with Crippen LogP contribution in [0.4, 0.5) is 0 Å². The van der Waals surface area contributed by atoms with Crippen LogP contribution in [0.3, 0.4) is 0 Å². The molecule has 1 saturated carbocycles. The molecule has 1 fully saturated rings. The second kappa shape index (κ2) is 12.4. The first-order chi connectivity index (χ1) is 17.4. The molecule has 0 saturated heterocycles. The summed E-state index contributed by atoms with van der Waals surface area (Å²) in [5.74, 6) is 2.54. The summed E-state index contributed by atoms with van der Waals surface area (Å²) in [7, 11) is 0. The maximum Gasteiger partial charge on any atom is 0.204 e. The molecule has 188 valence electrons. The molecular weight excluding hydrogens is 456 g/mol. The van der Waals surface area contributed by atoms with E-state index in [2.05, 4.69) is 21.4 Å². The van der Waals surface area contributed by atoms with Gasteiger partial charge in [0.1, 0.15) is 29.7 Å². The van der Waals surface area contributed by atoms with E-state index in [1.165, 1.54) is 12.8 Å². The molecule has 9 nitrogen and oxygen atoms in total. The van der Waals surface area contributed by atoms with E-state index in [1.807, 2.05) is 56.3 Å². The van der Waals surface area contributed by atoms with Crippen LogP contribution in [0.1, 0.15) is 38.7 Å². The average Bonchev–Trinajstić information content (AvgIpc) is 3.61. The SMILES string of the molecule is CC(C)Oc1ccc(-c2c(C#N)c3ccc(OCCC(N)=NC=N)cc3n2CC2CC2)cc1.NC=O. The third-order valence-electron chi connectivity index (χ3n) is 5.64. The van der Waals surface area contributed by atoms with Crippen molar-refractivity contribution in [1.29, 1.82) is 10.7 Å². The summed E-state index contributed by atoms with van der Waals surface area (Å²) in [6.07, 6.45) is 4.15. The minimum absolute atomic E-state index is 0.108. The number of amidine groups is 1. The number of carbonyl (C=O) groups excluding carboxylic acids is 1. The number of hydrogen-bond donors (Lipinski definition) is 3. The van der Waals surface area contributed by atoms with E-state index in [9.17, 15) is 5.26 Å². The number of benzene rings is 2. The molecule has 2 aromatic carbocycles. The summed E-state index contributed by atoms with van der Waals surface area (Å²) >= 11 is 0. The lowest BCUT2D eigenvalue weighted by atomic mass is 10.1. The van der Waals surface area contributed by atoms with Gasteiger partial charge in [-0.2, -0.15) is 5.26 Å². The maximum atomic E-state index is 10.1. The second-order valence-electron chi connectivity index (χ2n) is 8.74. The molecule has 1 aliphatic rings. The number of primary amides is 1. The highest BCUT2D eigenvalue weighted by Crippen LogP contribution is 2.39. The van der Waals surface area contributed by atoms with Gasteiger partial charge in [0, 0.05) is 24.4 Å². The fraction of sp³-hybridized carbons (Fsp3) is 0.333. The monoisotopic (exact) mass is 488 g/mol. The van der Waals surface area contributed by atoms with E-state index in [-0.39, 0.29) is 12.5 Å². The minimum atomic E-state index is 0.108. The Morgan fingerprint density at radius 2 is 1.92 bits per heavy atom. The predicted octanol–water partition coefficient (Wildman–Crippen LogP) is 4.21. The maximum absolute atomic E-state index is 10.1. The number of aromatic nitrogens is 1. The quantitative estimate of drug-likeness (QED) is 0.222. The smallest absolute Gasteiger partial charge is 0.204 e. The standard InChI is InChI=1S/C26H29N5O2.CH3NO/c1-17(2)33-20-7-5-19(6-8-20)26-23(14-27)22-10-9-21(32-12-11-25(29)30-16-28)13-24(22)31(26)15-18-3-4-18;2-1-3/h5-10,13,16-18H,3-4,11-12,15H2,1-2H3,(H3,28,29,30);1H,(H2,2,3). The molecule has 3 aromatic rings. The van der Waals surface area contributed by atoms with Gasteiger partial charge in [0.15, 0.2) is 0 Å². The van der Waals surface area contributed by atoms with Crippen molar-refractivity contribution in [2.45, 2.75) is 45.8 Å². The highest BCUT2D eigenvalue weighted by atomic mass is 16.5. The van der Waals surface area contributed by atoms with E-state index in [0.717, 1.165) is 46.5 Å². The molecule has 1 heterocycles. The average molecular weight is 489 g/mol. The van der Waals surface area contributed by atoms with Gasteiger partial charge in [-0.15, -0.1) is 0 Å². The summed E-state index contributed by atoms with van der Waals surface area (Å²) in [6.45, 7) is 5.25. The number of hydrogen-bond acceptors (Lipinski definition) is 5. The number of ether oxygens (including phenoxy) is 2. The number of aliphatic imine (C=N–C) groups is 1. The Balaban J connectivity index is 0.00000115. The first-order valence-electron chi connectivity index (χ1n) is 11.8. The first-order valence-corrected chi connectivity index (χ1v) is 11.8. The number of nitrogens with zero attached hydrogens (tertiary/aromatic N) is 3. The van der Waals surface area contributed by atoms with Gasteiger partial charge in [0.05, 0.1) is 29.5 Å². The van der Waals surface area contributed by atoms with E-state index in [1.54, 1.807) is 0 Å². The molecule has 0 radical (unpaired) electrons. The molecule has 0 aliphatic heterocycles. The van der Waals surface area contributed by atoms with Crippen molar-refractivity contribution in [2.75, 3.05) is 6.61 Å². The van der Waals surface area contributed by atoms with Gasteiger partial charge < -0.3 is 25.5 Å². The highest BCUT2D eigenvalue weighted by Gasteiger charge is 2.26. The second-order valence-corrected chi connectivity index (χ2v) is 8.74. The molecule has 5 N–H and O–H groups in total. The van der Waals surface area contributed by atoms with Gasteiger partial charge in [-0.25, -0.2) is 4.99 Å². The number of nitrogens with two attached hydrogens (primary N) is 2. The van der Waals surface area contributed by atoms with Crippen molar-refractivity contribution in [3.63, 3.8) is 0 Å². The number of nitriles is 1. The van der Waals surface area contributed by atoms with Crippen LogP contribution < -0.4 is 20.9 Å². The molecule has 0 bridgehead atoms. The summed E-state index contributed by atoms with van der Waals surface area (Å²) in [5.41, 5.74) is 13.5. The summed E-state index contributed by atoms with van der Waals surface area (Å²) < 4.78 is 14.0. The van der Waals surface area contributed by atoms with Crippen molar-refractivity contribution in [1.82, 2.24) is 4.57 Å². The van der Waals surface area contributed by atoms with E-state index < -0.39 is 0 Å². The molecule has 1 aliphatic carbocycles. The Bertz CT molecular complexity index is 1270. The van der Waals surface area contributed by atoms with Crippen molar-refractivity contribution >= 4 is 29.5 Å². The van der Waals surface area contributed by atoms with Crippen LogP contribution in [0, 0.1) is 22.7 Å². The lowest BCUT2D eigenvalue weighted by molar-refractivity contribution is -0.106. The lowest BCUT2D eigenvalue weighted by Gasteiger charge is -2.13. The Hall–Kier alpha value is -4.32. The predicted molar refractivity (Wildman–Crippen MR) is 141 cm³/mol. The summed E-state index contributed by atoms with van der Waals surface area (Å²) in [5, 5.41) is 18.0. The fourth-order valence-corrected chi connectivity index (χ4v) is 3.96. The summed E-state index contributed by atoms with van der Waals surface area (Å²) in [6, 6.07) is 16.3. The van der Waals surface area contributed by atoms with Crippen molar-refractivity contribution in [3.05, 3.63) is 48.0 Å². The van der Waals surface area contributed by atoms with Crippen LogP contribution in [0.2, 0.25) is 0 Å². The summed E-state index contributed by atoms with van der Waals surface area (Å²) in [4.78, 5) is 12.3. The van der Waals surface area contributed by atoms with Crippen molar-refractivity contribution < 1.29 is 14.3 Å². The normalized spacial score (nSPS) is 13.0. The number of rotatable bonds is 10. The highest BCUT2D eigenvalue weighted by molar-refractivity contribution is 5.95. The Kier molecular flexibility index (Phi) is 9.06. The molecule has 36 heavy (non-hydrogen) atoms. The minimum Gasteiger partial charge on any atom is -0.493 e. The number of amides is 1. The van der Waals surface area contributed by atoms with Gasteiger partial charge in [-0.05, 0) is 74.6 Å².